The Hall–Kier alpha value is -2.59. The number of ether oxygens (including phenoxy) is 1. The van der Waals surface area contributed by atoms with Gasteiger partial charge < -0.3 is 14.4 Å². The van der Waals surface area contributed by atoms with Crippen LogP contribution in [0.5, 0.6) is 5.75 Å². The van der Waals surface area contributed by atoms with Gasteiger partial charge in [-0.05, 0) is 23.3 Å². The third-order valence-electron chi connectivity index (χ3n) is 4.08. The first-order valence-electron chi connectivity index (χ1n) is 8.61. The largest absolute Gasteiger partial charge is 0.491 e. The van der Waals surface area contributed by atoms with Crippen LogP contribution >= 0.6 is 0 Å². The third kappa shape index (κ3) is 4.48. The summed E-state index contributed by atoms with van der Waals surface area (Å²) in [5.41, 5.74) is 2.32. The number of nitrogens with zero attached hydrogens (tertiary/aromatic N) is 2. The standard InChI is InChI=1S/C21H24N2O2/c1-16(2)21-22-12-13-23(21)14-19(24)15-25-20-10-8-18(9-11-20)17-6-4-3-5-7-17/h3-13,16,19,24H,14-15H2,1-2H3/t19-/m0/s1. The van der Waals surface area contributed by atoms with E-state index in [0.717, 1.165) is 17.1 Å². The molecule has 1 heterocycles. The van der Waals surface area contributed by atoms with Crippen LogP contribution in [0.3, 0.4) is 0 Å². The zero-order valence-electron chi connectivity index (χ0n) is 14.7. The number of aliphatic hydroxyl groups is 1. The van der Waals surface area contributed by atoms with E-state index in [1.165, 1.54) is 5.56 Å². The van der Waals surface area contributed by atoms with E-state index in [1.54, 1.807) is 6.20 Å². The topological polar surface area (TPSA) is 47.3 Å². The van der Waals surface area contributed by atoms with E-state index in [1.807, 2.05) is 53.2 Å². The minimum Gasteiger partial charge on any atom is -0.491 e. The van der Waals surface area contributed by atoms with Crippen molar-refractivity contribution in [1.29, 1.82) is 0 Å². The fourth-order valence-corrected chi connectivity index (χ4v) is 2.82. The lowest BCUT2D eigenvalue weighted by molar-refractivity contribution is 0.0915. The summed E-state index contributed by atoms with van der Waals surface area (Å²) in [5, 5.41) is 10.2. The molecule has 2 aromatic carbocycles. The van der Waals surface area contributed by atoms with Crippen LogP contribution in [0.25, 0.3) is 11.1 Å². The maximum absolute atomic E-state index is 10.2. The molecule has 1 N–H and O–H groups in total. The van der Waals surface area contributed by atoms with Gasteiger partial charge in [0, 0.05) is 18.3 Å². The summed E-state index contributed by atoms with van der Waals surface area (Å²) >= 11 is 0. The van der Waals surface area contributed by atoms with Gasteiger partial charge in [-0.1, -0.05) is 56.3 Å². The third-order valence-corrected chi connectivity index (χ3v) is 4.08. The second kappa shape index (κ2) is 7.99. The SMILES string of the molecule is CC(C)c1nccn1C[C@H](O)COc1ccc(-c2ccccc2)cc1. The number of hydrogen-bond donors (Lipinski definition) is 1. The average molecular weight is 336 g/mol. The van der Waals surface area contributed by atoms with E-state index in [0.29, 0.717) is 12.5 Å². The molecule has 3 rings (SSSR count). The highest BCUT2D eigenvalue weighted by atomic mass is 16.5. The summed E-state index contributed by atoms with van der Waals surface area (Å²) in [6.45, 7) is 4.92. The van der Waals surface area contributed by atoms with Gasteiger partial charge in [-0.25, -0.2) is 4.98 Å². The van der Waals surface area contributed by atoms with Crippen molar-refractivity contribution in [2.24, 2.45) is 0 Å². The zero-order chi connectivity index (χ0) is 17.6. The Balaban J connectivity index is 1.55. The molecule has 0 saturated heterocycles. The van der Waals surface area contributed by atoms with Crippen LogP contribution in [-0.2, 0) is 6.54 Å². The van der Waals surface area contributed by atoms with E-state index in [4.69, 9.17) is 4.74 Å². The van der Waals surface area contributed by atoms with Crippen molar-refractivity contribution in [1.82, 2.24) is 9.55 Å². The molecule has 130 valence electrons. The molecule has 0 radical (unpaired) electrons. The van der Waals surface area contributed by atoms with Crippen molar-refractivity contribution in [3.8, 4) is 16.9 Å². The molecule has 0 spiro atoms. The second-order valence-corrected chi connectivity index (χ2v) is 6.45. The van der Waals surface area contributed by atoms with Crippen LogP contribution in [0.2, 0.25) is 0 Å². The molecule has 1 aromatic heterocycles. The Morgan fingerprint density at radius 1 is 1.00 bits per heavy atom. The lowest BCUT2D eigenvalue weighted by atomic mass is 10.1. The van der Waals surface area contributed by atoms with Gasteiger partial charge in [0.1, 0.15) is 24.3 Å². The van der Waals surface area contributed by atoms with Crippen molar-refractivity contribution in [3.05, 3.63) is 72.8 Å². The molecule has 0 aliphatic carbocycles. The molecule has 4 nitrogen and oxygen atoms in total. The molecule has 0 aliphatic rings. The number of benzene rings is 2. The predicted molar refractivity (Wildman–Crippen MR) is 99.7 cm³/mol. The Morgan fingerprint density at radius 2 is 1.68 bits per heavy atom. The fourth-order valence-electron chi connectivity index (χ4n) is 2.82. The van der Waals surface area contributed by atoms with Crippen LogP contribution in [0.15, 0.2) is 67.0 Å². The summed E-state index contributed by atoms with van der Waals surface area (Å²) in [4.78, 5) is 4.34. The quantitative estimate of drug-likeness (QED) is 0.706. The van der Waals surface area contributed by atoms with Crippen LogP contribution < -0.4 is 4.74 Å². The Labute approximate surface area is 148 Å². The van der Waals surface area contributed by atoms with Gasteiger partial charge >= 0.3 is 0 Å². The number of rotatable bonds is 7. The molecule has 0 bridgehead atoms. The van der Waals surface area contributed by atoms with Crippen molar-refractivity contribution in [2.45, 2.75) is 32.4 Å². The van der Waals surface area contributed by atoms with Gasteiger partial charge in [0.25, 0.3) is 0 Å². The van der Waals surface area contributed by atoms with Gasteiger partial charge in [-0.2, -0.15) is 0 Å². The highest BCUT2D eigenvalue weighted by Crippen LogP contribution is 2.22. The minimum absolute atomic E-state index is 0.250. The first kappa shape index (κ1) is 17.2. The zero-order valence-corrected chi connectivity index (χ0v) is 14.7. The van der Waals surface area contributed by atoms with E-state index in [2.05, 4.69) is 31.0 Å². The lowest BCUT2D eigenvalue weighted by Crippen LogP contribution is -2.24. The maximum atomic E-state index is 10.2. The highest BCUT2D eigenvalue weighted by Gasteiger charge is 2.12. The van der Waals surface area contributed by atoms with Gasteiger partial charge in [0.05, 0.1) is 6.54 Å². The molecule has 0 amide bonds. The Morgan fingerprint density at radius 3 is 2.36 bits per heavy atom. The smallest absolute Gasteiger partial charge is 0.119 e. The molecule has 0 fully saturated rings. The van der Waals surface area contributed by atoms with Gasteiger partial charge in [0.2, 0.25) is 0 Å². The molecule has 4 heteroatoms. The van der Waals surface area contributed by atoms with Crippen molar-refractivity contribution in [3.63, 3.8) is 0 Å². The molecule has 0 unspecified atom stereocenters. The van der Waals surface area contributed by atoms with Crippen molar-refractivity contribution in [2.75, 3.05) is 6.61 Å². The molecular formula is C21H24N2O2. The van der Waals surface area contributed by atoms with Crippen molar-refractivity contribution >= 4 is 0 Å². The Bertz CT molecular complexity index is 779. The van der Waals surface area contributed by atoms with E-state index >= 15 is 0 Å². The molecule has 25 heavy (non-hydrogen) atoms. The summed E-state index contributed by atoms with van der Waals surface area (Å²) in [6.07, 6.45) is 3.08. The minimum atomic E-state index is -0.583. The van der Waals surface area contributed by atoms with Crippen molar-refractivity contribution < 1.29 is 9.84 Å². The second-order valence-electron chi connectivity index (χ2n) is 6.45. The summed E-state index contributed by atoms with van der Waals surface area (Å²) < 4.78 is 7.71. The number of imidazole rings is 1. The number of hydrogen-bond acceptors (Lipinski definition) is 3. The summed E-state index contributed by atoms with van der Waals surface area (Å²) in [5.74, 6) is 2.06. The van der Waals surface area contributed by atoms with E-state index in [9.17, 15) is 5.11 Å². The molecule has 0 saturated carbocycles. The first-order chi connectivity index (χ1) is 12.1. The normalized spacial score (nSPS) is 12.3. The number of aromatic nitrogens is 2. The van der Waals surface area contributed by atoms with Crippen LogP contribution in [0, 0.1) is 0 Å². The van der Waals surface area contributed by atoms with E-state index < -0.39 is 6.10 Å². The van der Waals surface area contributed by atoms with Gasteiger partial charge in [0.15, 0.2) is 0 Å². The van der Waals surface area contributed by atoms with Gasteiger partial charge in [-0.3, -0.25) is 0 Å². The molecular weight excluding hydrogens is 312 g/mol. The molecule has 0 aliphatic heterocycles. The molecule has 1 atom stereocenters. The number of aliphatic hydroxyl groups excluding tert-OH is 1. The van der Waals surface area contributed by atoms with Crippen LogP contribution in [0.1, 0.15) is 25.6 Å². The van der Waals surface area contributed by atoms with Crippen LogP contribution in [-0.4, -0.2) is 27.4 Å². The predicted octanol–water partition coefficient (Wildman–Crippen LogP) is 4.11. The fraction of sp³-hybridized carbons (Fsp3) is 0.286. The highest BCUT2D eigenvalue weighted by molar-refractivity contribution is 5.63. The van der Waals surface area contributed by atoms with Gasteiger partial charge in [-0.15, -0.1) is 0 Å². The molecule has 3 aromatic rings. The average Bonchev–Trinajstić information content (AvgIpc) is 3.09. The lowest BCUT2D eigenvalue weighted by Gasteiger charge is -2.16. The Kier molecular flexibility index (Phi) is 5.51. The monoisotopic (exact) mass is 336 g/mol. The maximum Gasteiger partial charge on any atom is 0.119 e. The van der Waals surface area contributed by atoms with E-state index in [-0.39, 0.29) is 6.61 Å². The first-order valence-corrected chi connectivity index (χ1v) is 8.61. The summed E-state index contributed by atoms with van der Waals surface area (Å²) in [6, 6.07) is 18.2. The van der Waals surface area contributed by atoms with Crippen LogP contribution in [0.4, 0.5) is 0 Å². The summed E-state index contributed by atoms with van der Waals surface area (Å²) in [7, 11) is 0.